The molecule has 2 aromatic rings. The molecule has 0 aliphatic carbocycles. The minimum absolute atomic E-state index is 0.147. The van der Waals surface area contributed by atoms with Crippen LogP contribution in [0, 0.1) is 0 Å². The zero-order valence-corrected chi connectivity index (χ0v) is 11.5. The van der Waals surface area contributed by atoms with Gasteiger partial charge in [-0.1, -0.05) is 54.6 Å². The van der Waals surface area contributed by atoms with Crippen LogP contribution in [0.15, 0.2) is 54.6 Å². The molecule has 0 saturated heterocycles. The molecule has 98 valence electrons. The van der Waals surface area contributed by atoms with Crippen molar-refractivity contribution in [1.82, 2.24) is 0 Å². The fraction of sp³-hybridized carbons (Fsp3) is 0.294. The van der Waals surface area contributed by atoms with E-state index in [4.69, 9.17) is 16.3 Å². The van der Waals surface area contributed by atoms with Crippen molar-refractivity contribution in [3.63, 3.8) is 0 Å². The maximum Gasteiger partial charge on any atom is 0.0839 e. The van der Waals surface area contributed by atoms with E-state index < -0.39 is 0 Å². The predicted molar refractivity (Wildman–Crippen MR) is 78.8 cm³/mol. The van der Waals surface area contributed by atoms with Crippen LogP contribution in [-0.2, 0) is 4.74 Å². The third-order valence-corrected chi connectivity index (χ3v) is 3.97. The van der Waals surface area contributed by atoms with Crippen LogP contribution in [0.5, 0.6) is 0 Å². The highest BCUT2D eigenvalue weighted by atomic mass is 35.5. The Morgan fingerprint density at radius 3 is 2.37 bits per heavy atom. The highest BCUT2D eigenvalue weighted by molar-refractivity contribution is 6.17. The molecule has 19 heavy (non-hydrogen) atoms. The summed E-state index contributed by atoms with van der Waals surface area (Å²) < 4.78 is 6.03. The lowest BCUT2D eigenvalue weighted by Gasteiger charge is -2.32. The van der Waals surface area contributed by atoms with Gasteiger partial charge in [0, 0.05) is 11.8 Å². The van der Waals surface area contributed by atoms with Crippen LogP contribution in [0.1, 0.15) is 35.1 Å². The largest absolute Gasteiger partial charge is 0.372 e. The summed E-state index contributed by atoms with van der Waals surface area (Å²) in [5, 5.41) is 0. The molecule has 1 aliphatic heterocycles. The molecular weight excluding hydrogens is 256 g/mol. The number of ether oxygens (including phenoxy) is 1. The number of hydrogen-bond acceptors (Lipinski definition) is 1. The molecule has 2 atom stereocenters. The van der Waals surface area contributed by atoms with Crippen molar-refractivity contribution in [2.24, 2.45) is 0 Å². The Balaban J connectivity index is 1.99. The molecule has 0 amide bonds. The van der Waals surface area contributed by atoms with E-state index >= 15 is 0 Å². The van der Waals surface area contributed by atoms with Gasteiger partial charge in [-0.15, -0.1) is 11.6 Å². The summed E-state index contributed by atoms with van der Waals surface area (Å²) in [4.78, 5) is 0. The van der Waals surface area contributed by atoms with Crippen LogP contribution in [0.4, 0.5) is 0 Å². The zero-order chi connectivity index (χ0) is 13.1. The molecule has 1 aliphatic rings. The molecule has 1 heterocycles. The third-order valence-electron chi connectivity index (χ3n) is 3.76. The number of halogens is 1. The van der Waals surface area contributed by atoms with Crippen molar-refractivity contribution in [3.05, 3.63) is 71.3 Å². The number of benzene rings is 2. The molecule has 2 unspecified atom stereocenters. The van der Waals surface area contributed by atoms with Crippen molar-refractivity contribution in [3.8, 4) is 0 Å². The van der Waals surface area contributed by atoms with Crippen LogP contribution in [0.25, 0.3) is 0 Å². The summed E-state index contributed by atoms with van der Waals surface area (Å²) in [5.74, 6) is 0.971. The van der Waals surface area contributed by atoms with Crippen molar-refractivity contribution >= 4 is 11.6 Å². The molecule has 0 saturated carbocycles. The SMILES string of the molecule is ClCCC1OCC(c2ccccc2)c2ccccc21. The number of alkyl halides is 1. The Kier molecular flexibility index (Phi) is 3.86. The molecule has 2 aromatic carbocycles. The van der Waals surface area contributed by atoms with Crippen molar-refractivity contribution < 1.29 is 4.74 Å². The second-order valence-electron chi connectivity index (χ2n) is 4.89. The highest BCUT2D eigenvalue weighted by Gasteiger charge is 2.27. The fourth-order valence-electron chi connectivity index (χ4n) is 2.81. The van der Waals surface area contributed by atoms with E-state index in [-0.39, 0.29) is 6.10 Å². The molecule has 0 N–H and O–H groups in total. The van der Waals surface area contributed by atoms with Gasteiger partial charge < -0.3 is 4.74 Å². The van der Waals surface area contributed by atoms with Crippen LogP contribution in [-0.4, -0.2) is 12.5 Å². The van der Waals surface area contributed by atoms with E-state index in [1.54, 1.807) is 0 Å². The first-order valence-corrected chi connectivity index (χ1v) is 7.25. The van der Waals surface area contributed by atoms with E-state index in [1.807, 2.05) is 0 Å². The number of fused-ring (bicyclic) bond motifs is 1. The van der Waals surface area contributed by atoms with E-state index in [2.05, 4.69) is 54.6 Å². The first-order chi connectivity index (χ1) is 9.40. The van der Waals surface area contributed by atoms with Crippen LogP contribution < -0.4 is 0 Å². The zero-order valence-electron chi connectivity index (χ0n) is 10.8. The van der Waals surface area contributed by atoms with Crippen molar-refractivity contribution in [2.75, 3.05) is 12.5 Å². The number of rotatable bonds is 3. The molecule has 0 fully saturated rings. The Morgan fingerprint density at radius 2 is 1.63 bits per heavy atom. The molecule has 1 nitrogen and oxygen atoms in total. The highest BCUT2D eigenvalue weighted by Crippen LogP contribution is 2.38. The van der Waals surface area contributed by atoms with Gasteiger partial charge in [-0.05, 0) is 23.1 Å². The maximum atomic E-state index is 6.03. The molecule has 0 bridgehead atoms. The molecular formula is C17H17ClO. The van der Waals surface area contributed by atoms with Gasteiger partial charge in [-0.25, -0.2) is 0 Å². The van der Waals surface area contributed by atoms with Gasteiger partial charge in [0.1, 0.15) is 0 Å². The number of hydrogen-bond donors (Lipinski definition) is 0. The van der Waals surface area contributed by atoms with E-state index in [9.17, 15) is 0 Å². The summed E-state index contributed by atoms with van der Waals surface area (Å²) in [5.41, 5.74) is 4.00. The van der Waals surface area contributed by atoms with E-state index in [0.717, 1.165) is 13.0 Å². The van der Waals surface area contributed by atoms with Gasteiger partial charge in [-0.2, -0.15) is 0 Å². The van der Waals surface area contributed by atoms with Crippen LogP contribution in [0.3, 0.4) is 0 Å². The average Bonchev–Trinajstić information content (AvgIpc) is 2.49. The Hall–Kier alpha value is -1.31. The normalized spacial score (nSPS) is 21.9. The van der Waals surface area contributed by atoms with Gasteiger partial charge in [0.25, 0.3) is 0 Å². The predicted octanol–water partition coefficient (Wildman–Crippen LogP) is 4.52. The molecule has 3 rings (SSSR count). The van der Waals surface area contributed by atoms with Gasteiger partial charge in [0.05, 0.1) is 12.7 Å². The Labute approximate surface area is 119 Å². The smallest absolute Gasteiger partial charge is 0.0839 e. The summed E-state index contributed by atoms with van der Waals surface area (Å²) in [6.07, 6.45) is 1.02. The standard InChI is InChI=1S/C17H17ClO/c18-11-10-17-15-9-5-4-8-14(15)16(12-19-17)13-6-2-1-3-7-13/h1-9,16-17H,10-12H2. The lowest BCUT2D eigenvalue weighted by Crippen LogP contribution is -2.22. The maximum absolute atomic E-state index is 6.03. The summed E-state index contributed by atoms with van der Waals surface area (Å²) >= 11 is 5.87. The lowest BCUT2D eigenvalue weighted by atomic mass is 9.84. The second-order valence-corrected chi connectivity index (χ2v) is 5.27. The fourth-order valence-corrected chi connectivity index (χ4v) is 3.01. The topological polar surface area (TPSA) is 9.23 Å². The molecule has 0 aromatic heterocycles. The third kappa shape index (κ3) is 2.54. The lowest BCUT2D eigenvalue weighted by molar-refractivity contribution is 0.0320. The van der Waals surface area contributed by atoms with E-state index in [1.165, 1.54) is 16.7 Å². The van der Waals surface area contributed by atoms with Gasteiger partial charge in [0.2, 0.25) is 0 Å². The van der Waals surface area contributed by atoms with Crippen LogP contribution >= 0.6 is 11.6 Å². The first-order valence-electron chi connectivity index (χ1n) is 6.71. The van der Waals surface area contributed by atoms with E-state index in [0.29, 0.717) is 11.8 Å². The molecule has 0 radical (unpaired) electrons. The van der Waals surface area contributed by atoms with Gasteiger partial charge in [0.15, 0.2) is 0 Å². The molecule has 2 heteroatoms. The Bertz CT molecular complexity index is 538. The first kappa shape index (κ1) is 12.7. The average molecular weight is 273 g/mol. The summed E-state index contributed by atoms with van der Waals surface area (Å²) in [6, 6.07) is 19.1. The minimum atomic E-state index is 0.147. The van der Waals surface area contributed by atoms with Gasteiger partial charge >= 0.3 is 0 Å². The van der Waals surface area contributed by atoms with Crippen LogP contribution in [0.2, 0.25) is 0 Å². The summed E-state index contributed by atoms with van der Waals surface area (Å²) in [6.45, 7) is 0.739. The Morgan fingerprint density at radius 1 is 0.947 bits per heavy atom. The minimum Gasteiger partial charge on any atom is -0.372 e. The second kappa shape index (κ2) is 5.77. The van der Waals surface area contributed by atoms with Crippen molar-refractivity contribution in [1.29, 1.82) is 0 Å². The quantitative estimate of drug-likeness (QED) is 0.747. The van der Waals surface area contributed by atoms with Gasteiger partial charge in [-0.3, -0.25) is 0 Å². The monoisotopic (exact) mass is 272 g/mol. The summed E-state index contributed by atoms with van der Waals surface area (Å²) in [7, 11) is 0. The molecule has 0 spiro atoms. The van der Waals surface area contributed by atoms with Crippen molar-refractivity contribution in [2.45, 2.75) is 18.4 Å².